The van der Waals surface area contributed by atoms with Crippen molar-refractivity contribution >= 4 is 11.9 Å². The molecule has 0 aromatic rings. The van der Waals surface area contributed by atoms with E-state index in [9.17, 15) is 9.59 Å². The normalized spacial score (nSPS) is 17.0. The predicted molar refractivity (Wildman–Crippen MR) is 81.2 cm³/mol. The summed E-state index contributed by atoms with van der Waals surface area (Å²) >= 11 is 0. The fourth-order valence-corrected chi connectivity index (χ4v) is 2.15. The smallest absolute Gasteiger partial charge is 0.325 e. The van der Waals surface area contributed by atoms with Gasteiger partial charge in [-0.2, -0.15) is 0 Å². The second-order valence-electron chi connectivity index (χ2n) is 6.20. The Labute approximate surface area is 126 Å². The lowest BCUT2D eigenvalue weighted by Crippen LogP contribution is -2.44. The number of hydrogen-bond acceptors (Lipinski definition) is 3. The Morgan fingerprint density at radius 2 is 1.95 bits per heavy atom. The summed E-state index contributed by atoms with van der Waals surface area (Å²) in [5, 5.41) is 6.18. The molecule has 120 valence electrons. The summed E-state index contributed by atoms with van der Waals surface area (Å²) in [6.45, 7) is 5.80. The molecule has 1 saturated heterocycles. The van der Waals surface area contributed by atoms with Gasteiger partial charge in [0, 0.05) is 17.9 Å². The summed E-state index contributed by atoms with van der Waals surface area (Å²) in [4.78, 5) is 27.7. The van der Waals surface area contributed by atoms with Crippen LogP contribution in [-0.4, -0.2) is 67.1 Å². The minimum absolute atomic E-state index is 0. The van der Waals surface area contributed by atoms with E-state index in [0.29, 0.717) is 17.6 Å². The van der Waals surface area contributed by atoms with E-state index in [-0.39, 0.29) is 19.4 Å². The van der Waals surface area contributed by atoms with Gasteiger partial charge in [-0.3, -0.25) is 9.69 Å². The number of nitrogens with zero attached hydrogens (tertiary/aromatic N) is 5. The molecule has 0 spiro atoms. The van der Waals surface area contributed by atoms with Crippen LogP contribution >= 0.6 is 0 Å². The van der Waals surface area contributed by atoms with Gasteiger partial charge in [-0.1, -0.05) is 5.11 Å². The highest BCUT2D eigenvalue weighted by molar-refractivity contribution is 6.06. The summed E-state index contributed by atoms with van der Waals surface area (Å²) in [6, 6.07) is -0.320. The molecule has 0 saturated carbocycles. The Morgan fingerprint density at radius 1 is 1.33 bits per heavy atom. The van der Waals surface area contributed by atoms with Crippen LogP contribution < -0.4 is 5.32 Å². The molecular formula is C13H26N6O2. The van der Waals surface area contributed by atoms with Gasteiger partial charge in [0.1, 0.15) is 5.54 Å². The van der Waals surface area contributed by atoms with Crippen molar-refractivity contribution in [1.82, 2.24) is 10.2 Å². The van der Waals surface area contributed by atoms with E-state index in [1.807, 2.05) is 14.1 Å². The molecule has 1 heterocycles. The van der Waals surface area contributed by atoms with Crippen LogP contribution in [0.3, 0.4) is 0 Å². The van der Waals surface area contributed by atoms with Crippen LogP contribution in [0.4, 0.5) is 4.79 Å². The standard InChI is InChI=1S/C12H22N6O2.CH3/c1-12(2)10(19)17(11(20)15-12)7-5-8-18(3,4)9-6-14-16-13;/h5-9H2,1-4H3;1H3/q;-1/p+1. The van der Waals surface area contributed by atoms with E-state index >= 15 is 0 Å². The molecule has 0 unspecified atom stereocenters. The zero-order valence-corrected chi connectivity index (χ0v) is 13.6. The molecule has 1 rings (SSSR count). The van der Waals surface area contributed by atoms with Crippen LogP contribution in [0.5, 0.6) is 0 Å². The van der Waals surface area contributed by atoms with E-state index in [4.69, 9.17) is 5.53 Å². The lowest BCUT2D eigenvalue weighted by atomic mass is 10.1. The van der Waals surface area contributed by atoms with Crippen molar-refractivity contribution in [3.05, 3.63) is 17.9 Å². The first-order valence-electron chi connectivity index (χ1n) is 6.66. The van der Waals surface area contributed by atoms with Gasteiger partial charge in [-0.25, -0.2) is 4.79 Å². The molecule has 0 aromatic heterocycles. The van der Waals surface area contributed by atoms with E-state index < -0.39 is 5.54 Å². The fourth-order valence-electron chi connectivity index (χ4n) is 2.15. The number of carbonyl (C=O) groups is 2. The van der Waals surface area contributed by atoms with Crippen LogP contribution in [-0.2, 0) is 4.79 Å². The van der Waals surface area contributed by atoms with Gasteiger partial charge in [0.05, 0.1) is 33.7 Å². The molecule has 0 aliphatic carbocycles. The lowest BCUT2D eigenvalue weighted by Gasteiger charge is -2.29. The molecule has 0 atom stereocenters. The number of hydrogen-bond donors (Lipinski definition) is 1. The first-order valence-corrected chi connectivity index (χ1v) is 6.66. The van der Waals surface area contributed by atoms with Crippen molar-refractivity contribution in [3.8, 4) is 0 Å². The summed E-state index contributed by atoms with van der Waals surface area (Å²) in [7, 11) is 4.06. The molecular weight excluding hydrogens is 272 g/mol. The highest BCUT2D eigenvalue weighted by Crippen LogP contribution is 2.16. The predicted octanol–water partition coefficient (Wildman–Crippen LogP) is 1.54. The van der Waals surface area contributed by atoms with E-state index in [0.717, 1.165) is 19.5 Å². The lowest BCUT2D eigenvalue weighted by molar-refractivity contribution is -0.889. The maximum Gasteiger partial charge on any atom is 0.325 e. The number of urea groups is 1. The van der Waals surface area contributed by atoms with Crippen molar-refractivity contribution in [3.63, 3.8) is 0 Å². The van der Waals surface area contributed by atoms with Gasteiger partial charge >= 0.3 is 6.03 Å². The number of amides is 3. The monoisotopic (exact) mass is 298 g/mol. The molecule has 8 heteroatoms. The van der Waals surface area contributed by atoms with Gasteiger partial charge in [0.2, 0.25) is 0 Å². The average molecular weight is 298 g/mol. The highest BCUT2D eigenvalue weighted by Gasteiger charge is 2.43. The van der Waals surface area contributed by atoms with Gasteiger partial charge < -0.3 is 17.2 Å². The second-order valence-corrected chi connectivity index (χ2v) is 6.20. The highest BCUT2D eigenvalue weighted by atomic mass is 16.2. The summed E-state index contributed by atoms with van der Waals surface area (Å²) in [5.41, 5.74) is 7.45. The molecule has 0 aromatic carbocycles. The third kappa shape index (κ3) is 5.24. The van der Waals surface area contributed by atoms with Crippen molar-refractivity contribution in [2.24, 2.45) is 5.11 Å². The van der Waals surface area contributed by atoms with Crippen LogP contribution in [0.1, 0.15) is 20.3 Å². The summed E-state index contributed by atoms with van der Waals surface area (Å²) < 4.78 is 0.687. The SMILES string of the molecule is CC1(C)NC(=O)N(CCC[N+](C)(C)CCN=[N+]=[N-])C1=O.[CH3-]. The van der Waals surface area contributed by atoms with Crippen LogP contribution in [0, 0.1) is 7.43 Å². The zero-order valence-electron chi connectivity index (χ0n) is 13.6. The third-order valence-electron chi connectivity index (χ3n) is 3.46. The molecule has 1 fully saturated rings. The first-order chi connectivity index (χ1) is 9.19. The number of rotatable bonds is 7. The molecule has 21 heavy (non-hydrogen) atoms. The van der Waals surface area contributed by atoms with Crippen LogP contribution in [0.15, 0.2) is 5.11 Å². The molecule has 0 bridgehead atoms. The number of carbonyl (C=O) groups excluding carboxylic acids is 2. The summed E-state index contributed by atoms with van der Waals surface area (Å²) in [5.74, 6) is -0.179. The second kappa shape index (κ2) is 7.28. The Bertz CT molecular complexity index is 440. The number of imide groups is 1. The fraction of sp³-hybridized carbons (Fsp3) is 0.769. The quantitative estimate of drug-likeness (QED) is 0.193. The Kier molecular flexibility index (Phi) is 6.66. The molecule has 1 N–H and O–H groups in total. The molecule has 1 aliphatic heterocycles. The zero-order chi connectivity index (χ0) is 15.4. The van der Waals surface area contributed by atoms with Gasteiger partial charge in [-0.15, -0.1) is 0 Å². The van der Waals surface area contributed by atoms with E-state index in [2.05, 4.69) is 15.3 Å². The Morgan fingerprint density at radius 3 is 2.43 bits per heavy atom. The van der Waals surface area contributed by atoms with Crippen LogP contribution in [0.25, 0.3) is 10.4 Å². The molecule has 3 amide bonds. The maximum absolute atomic E-state index is 12.0. The Hall–Kier alpha value is -1.79. The van der Waals surface area contributed by atoms with Gasteiger partial charge in [0.15, 0.2) is 0 Å². The van der Waals surface area contributed by atoms with Gasteiger partial charge in [-0.05, 0) is 19.4 Å². The average Bonchev–Trinajstić information content (AvgIpc) is 2.51. The Balaban J connectivity index is 0.00000400. The van der Waals surface area contributed by atoms with E-state index in [1.165, 1.54) is 4.90 Å². The number of likely N-dealkylation sites (N-methyl/N-ethyl adjacent to an activating group) is 1. The minimum atomic E-state index is -0.803. The molecule has 0 radical (unpaired) electrons. The van der Waals surface area contributed by atoms with E-state index in [1.54, 1.807) is 13.8 Å². The minimum Gasteiger partial charge on any atom is -0.358 e. The maximum atomic E-state index is 12.0. The molecule has 8 nitrogen and oxygen atoms in total. The van der Waals surface area contributed by atoms with Crippen molar-refractivity contribution in [2.45, 2.75) is 25.8 Å². The third-order valence-corrected chi connectivity index (χ3v) is 3.46. The van der Waals surface area contributed by atoms with Crippen molar-refractivity contribution in [2.75, 3.05) is 40.3 Å². The topological polar surface area (TPSA) is 98.2 Å². The van der Waals surface area contributed by atoms with Gasteiger partial charge in [0.25, 0.3) is 5.91 Å². The first kappa shape index (κ1) is 19.2. The number of azide groups is 1. The van der Waals surface area contributed by atoms with Crippen LogP contribution in [0.2, 0.25) is 0 Å². The van der Waals surface area contributed by atoms with Crippen molar-refractivity contribution < 1.29 is 14.1 Å². The summed E-state index contributed by atoms with van der Waals surface area (Å²) in [6.07, 6.45) is 0.721. The number of nitrogens with one attached hydrogen (secondary N) is 1. The largest absolute Gasteiger partial charge is 0.358 e. The molecule has 1 aliphatic rings. The number of quaternary nitrogens is 1. The van der Waals surface area contributed by atoms with Crippen molar-refractivity contribution in [1.29, 1.82) is 0 Å².